The first-order valence-corrected chi connectivity index (χ1v) is 7.27. The van der Waals surface area contributed by atoms with Crippen molar-refractivity contribution in [1.29, 1.82) is 0 Å². The Hall–Kier alpha value is -3.16. The van der Waals surface area contributed by atoms with Gasteiger partial charge in [-0.15, -0.1) is 0 Å². The number of benzene rings is 1. The van der Waals surface area contributed by atoms with Crippen LogP contribution in [0.3, 0.4) is 0 Å². The summed E-state index contributed by atoms with van der Waals surface area (Å²) in [6.45, 7) is 3.65. The topological polar surface area (TPSA) is 141 Å². The van der Waals surface area contributed by atoms with Crippen molar-refractivity contribution in [2.45, 2.75) is 25.8 Å². The Bertz CT molecular complexity index is 754. The Kier molecular flexibility index (Phi) is 4.98. The first kappa shape index (κ1) is 17.2. The van der Waals surface area contributed by atoms with Crippen LogP contribution in [0.5, 0.6) is 0 Å². The van der Waals surface area contributed by atoms with E-state index in [1.54, 1.807) is 12.1 Å². The van der Waals surface area contributed by atoms with Gasteiger partial charge < -0.3 is 21.2 Å². The van der Waals surface area contributed by atoms with Gasteiger partial charge in [-0.3, -0.25) is 14.4 Å². The Morgan fingerprint density at radius 3 is 2.17 bits per heavy atom. The Morgan fingerprint density at radius 1 is 1.08 bits per heavy atom. The van der Waals surface area contributed by atoms with Crippen molar-refractivity contribution >= 4 is 17.7 Å². The fourth-order valence-corrected chi connectivity index (χ4v) is 2.07. The number of oxazole rings is 1. The zero-order chi connectivity index (χ0) is 17.9. The van der Waals surface area contributed by atoms with Crippen molar-refractivity contribution < 1.29 is 18.8 Å². The van der Waals surface area contributed by atoms with E-state index in [0.29, 0.717) is 11.3 Å². The molecule has 1 heterocycles. The van der Waals surface area contributed by atoms with E-state index in [2.05, 4.69) is 10.3 Å². The molecule has 0 spiro atoms. The molecule has 126 valence electrons. The summed E-state index contributed by atoms with van der Waals surface area (Å²) >= 11 is 0. The molecule has 0 fully saturated rings. The zero-order valence-electron chi connectivity index (χ0n) is 13.3. The Balaban J connectivity index is 2.38. The first-order valence-electron chi connectivity index (χ1n) is 7.27. The SMILES string of the molecule is CC(C)c1oc(-c2ccccc2)nc1C(=O)NC(C(N)=O)C(N)=O. The van der Waals surface area contributed by atoms with Gasteiger partial charge in [-0.1, -0.05) is 32.0 Å². The molecule has 1 aromatic carbocycles. The van der Waals surface area contributed by atoms with Crippen LogP contribution in [0.2, 0.25) is 0 Å². The number of aromatic nitrogens is 1. The predicted molar refractivity (Wildman–Crippen MR) is 85.7 cm³/mol. The lowest BCUT2D eigenvalue weighted by molar-refractivity contribution is -0.128. The summed E-state index contributed by atoms with van der Waals surface area (Å²) in [4.78, 5) is 39.0. The van der Waals surface area contributed by atoms with Crippen LogP contribution in [-0.4, -0.2) is 28.7 Å². The number of rotatable bonds is 6. The van der Waals surface area contributed by atoms with Crippen LogP contribution in [0.4, 0.5) is 0 Å². The van der Waals surface area contributed by atoms with Crippen molar-refractivity contribution in [3.05, 3.63) is 41.8 Å². The largest absolute Gasteiger partial charge is 0.440 e. The second-order valence-corrected chi connectivity index (χ2v) is 5.46. The minimum Gasteiger partial charge on any atom is -0.440 e. The monoisotopic (exact) mass is 330 g/mol. The van der Waals surface area contributed by atoms with Crippen LogP contribution in [0.25, 0.3) is 11.5 Å². The average molecular weight is 330 g/mol. The molecule has 0 bridgehead atoms. The third kappa shape index (κ3) is 3.60. The molecule has 0 radical (unpaired) electrons. The van der Waals surface area contributed by atoms with Gasteiger partial charge in [0.1, 0.15) is 5.76 Å². The maximum absolute atomic E-state index is 12.4. The van der Waals surface area contributed by atoms with E-state index in [1.165, 1.54) is 0 Å². The zero-order valence-corrected chi connectivity index (χ0v) is 13.3. The highest BCUT2D eigenvalue weighted by Gasteiger charge is 2.29. The molecule has 2 rings (SSSR count). The quantitative estimate of drug-likeness (QED) is 0.662. The summed E-state index contributed by atoms with van der Waals surface area (Å²) in [5.74, 6) is -2.40. The minimum atomic E-state index is -1.62. The molecular weight excluding hydrogens is 312 g/mol. The molecule has 0 atom stereocenters. The van der Waals surface area contributed by atoms with E-state index < -0.39 is 23.8 Å². The van der Waals surface area contributed by atoms with Crippen LogP contribution >= 0.6 is 0 Å². The minimum absolute atomic E-state index is 0.0173. The first-order chi connectivity index (χ1) is 11.3. The standard InChI is InChI=1S/C16H18N4O4/c1-8(2)12-10(15(23)19-11(13(17)21)14(18)22)20-16(24-12)9-6-4-3-5-7-9/h3-8,11H,1-2H3,(H2,17,21)(H2,18,22)(H,19,23). The van der Waals surface area contributed by atoms with Gasteiger partial charge >= 0.3 is 0 Å². The highest BCUT2D eigenvalue weighted by atomic mass is 16.4. The highest BCUT2D eigenvalue weighted by molar-refractivity contribution is 6.08. The average Bonchev–Trinajstić information content (AvgIpc) is 2.98. The number of nitrogens with zero attached hydrogens (tertiary/aromatic N) is 1. The molecule has 1 aromatic heterocycles. The van der Waals surface area contributed by atoms with E-state index in [9.17, 15) is 14.4 Å². The molecule has 0 unspecified atom stereocenters. The maximum atomic E-state index is 12.4. The fourth-order valence-electron chi connectivity index (χ4n) is 2.07. The molecule has 0 saturated heterocycles. The number of amides is 3. The van der Waals surface area contributed by atoms with Gasteiger partial charge in [0.25, 0.3) is 5.91 Å². The molecule has 0 aliphatic heterocycles. The van der Waals surface area contributed by atoms with Gasteiger partial charge in [-0.25, -0.2) is 4.98 Å². The summed E-state index contributed by atoms with van der Waals surface area (Å²) in [5.41, 5.74) is 10.8. The molecule has 2 aromatic rings. The summed E-state index contributed by atoms with van der Waals surface area (Å²) in [5, 5.41) is 2.18. The molecule has 8 nitrogen and oxygen atoms in total. The Morgan fingerprint density at radius 2 is 1.67 bits per heavy atom. The maximum Gasteiger partial charge on any atom is 0.274 e. The number of carbonyl (C=O) groups excluding carboxylic acids is 3. The van der Waals surface area contributed by atoms with E-state index >= 15 is 0 Å². The lowest BCUT2D eigenvalue weighted by Gasteiger charge is -2.11. The van der Waals surface area contributed by atoms with Crippen molar-refractivity contribution in [2.24, 2.45) is 11.5 Å². The van der Waals surface area contributed by atoms with Crippen molar-refractivity contribution in [2.75, 3.05) is 0 Å². The van der Waals surface area contributed by atoms with Gasteiger partial charge in [0.05, 0.1) is 0 Å². The summed E-state index contributed by atoms with van der Waals surface area (Å²) in [6, 6.07) is 7.41. The number of hydrogen-bond acceptors (Lipinski definition) is 5. The van der Waals surface area contributed by atoms with E-state index in [1.807, 2.05) is 32.0 Å². The van der Waals surface area contributed by atoms with Crippen LogP contribution in [0.1, 0.15) is 36.0 Å². The Labute approximate surface area is 138 Å². The summed E-state index contributed by atoms with van der Waals surface area (Å²) in [6.07, 6.45) is 0. The third-order valence-electron chi connectivity index (χ3n) is 3.26. The molecule has 0 saturated carbocycles. The number of primary amides is 2. The fraction of sp³-hybridized carbons (Fsp3) is 0.250. The van der Waals surface area contributed by atoms with E-state index in [4.69, 9.17) is 15.9 Å². The molecule has 0 aliphatic rings. The van der Waals surface area contributed by atoms with Crippen LogP contribution < -0.4 is 16.8 Å². The molecule has 0 aliphatic carbocycles. The number of nitrogens with two attached hydrogens (primary N) is 2. The van der Waals surface area contributed by atoms with Gasteiger partial charge in [0, 0.05) is 11.5 Å². The predicted octanol–water partition coefficient (Wildman–Crippen LogP) is 0.534. The smallest absolute Gasteiger partial charge is 0.274 e. The normalized spacial score (nSPS) is 10.8. The number of hydrogen-bond donors (Lipinski definition) is 3. The van der Waals surface area contributed by atoms with Crippen molar-refractivity contribution in [3.8, 4) is 11.5 Å². The van der Waals surface area contributed by atoms with Gasteiger partial charge in [-0.05, 0) is 12.1 Å². The lowest BCUT2D eigenvalue weighted by atomic mass is 10.1. The van der Waals surface area contributed by atoms with Crippen molar-refractivity contribution in [3.63, 3.8) is 0 Å². The number of carbonyl (C=O) groups is 3. The summed E-state index contributed by atoms with van der Waals surface area (Å²) in [7, 11) is 0. The van der Waals surface area contributed by atoms with Gasteiger partial charge in [0.15, 0.2) is 11.7 Å². The summed E-state index contributed by atoms with van der Waals surface area (Å²) < 4.78 is 5.68. The van der Waals surface area contributed by atoms with Crippen LogP contribution in [-0.2, 0) is 9.59 Å². The van der Waals surface area contributed by atoms with Crippen LogP contribution in [0.15, 0.2) is 34.7 Å². The van der Waals surface area contributed by atoms with Crippen LogP contribution in [0, 0.1) is 0 Å². The second kappa shape index (κ2) is 6.95. The molecule has 24 heavy (non-hydrogen) atoms. The number of nitrogens with one attached hydrogen (secondary N) is 1. The third-order valence-corrected chi connectivity index (χ3v) is 3.26. The molecule has 8 heteroatoms. The molecule has 3 amide bonds. The highest BCUT2D eigenvalue weighted by Crippen LogP contribution is 2.27. The van der Waals surface area contributed by atoms with Gasteiger partial charge in [0.2, 0.25) is 17.7 Å². The molecular formula is C16H18N4O4. The van der Waals surface area contributed by atoms with Gasteiger partial charge in [-0.2, -0.15) is 0 Å². The molecule has 5 N–H and O–H groups in total. The second-order valence-electron chi connectivity index (χ2n) is 5.46. The van der Waals surface area contributed by atoms with Crippen molar-refractivity contribution in [1.82, 2.24) is 10.3 Å². The van der Waals surface area contributed by atoms with E-state index in [0.717, 1.165) is 0 Å². The van der Waals surface area contributed by atoms with E-state index in [-0.39, 0.29) is 17.5 Å². The lowest BCUT2D eigenvalue weighted by Crippen LogP contribution is -2.52.